The Morgan fingerprint density at radius 2 is 2.10 bits per heavy atom. The first kappa shape index (κ1) is 19.0. The number of imidazole rings is 1. The van der Waals surface area contributed by atoms with E-state index in [1.54, 1.807) is 12.5 Å². The van der Waals surface area contributed by atoms with Gasteiger partial charge in [0.2, 0.25) is 11.8 Å². The zero-order chi connectivity index (χ0) is 20.5. The van der Waals surface area contributed by atoms with E-state index in [0.29, 0.717) is 0 Å². The van der Waals surface area contributed by atoms with Gasteiger partial charge in [-0.05, 0) is 18.6 Å². The van der Waals surface area contributed by atoms with Crippen molar-refractivity contribution in [2.45, 2.75) is 19.9 Å². The molecular formula is C20H20N6O2S. The van der Waals surface area contributed by atoms with Gasteiger partial charge in [-0.1, -0.05) is 29.5 Å². The maximum Gasteiger partial charge on any atom is 0.239 e. The van der Waals surface area contributed by atoms with E-state index in [0.717, 1.165) is 37.5 Å². The molecule has 1 aromatic carbocycles. The highest BCUT2D eigenvalue weighted by atomic mass is 32.1. The van der Waals surface area contributed by atoms with E-state index >= 15 is 0 Å². The molecule has 0 fully saturated rings. The molecule has 1 atom stereocenters. The number of rotatable bonds is 5. The number of nitrogens with one attached hydrogen (secondary N) is 2. The van der Waals surface area contributed by atoms with Crippen LogP contribution < -0.4 is 10.6 Å². The Morgan fingerprint density at radius 1 is 1.28 bits per heavy atom. The van der Waals surface area contributed by atoms with E-state index in [9.17, 15) is 9.59 Å². The Bertz CT molecular complexity index is 1230. The molecule has 0 bridgehead atoms. The minimum Gasteiger partial charge on any atom is -0.348 e. The van der Waals surface area contributed by atoms with Gasteiger partial charge in [-0.15, -0.1) is 0 Å². The molecule has 2 amide bonds. The molecule has 2 N–H and O–H groups in total. The molecule has 4 aromatic rings. The normalized spacial score (nSPS) is 12.2. The van der Waals surface area contributed by atoms with E-state index < -0.39 is 0 Å². The first-order valence-electron chi connectivity index (χ1n) is 9.13. The van der Waals surface area contributed by atoms with Gasteiger partial charge in [0.05, 0.1) is 30.6 Å². The number of aryl methyl sites for hydroxylation is 1. The van der Waals surface area contributed by atoms with Crippen LogP contribution in [0.25, 0.3) is 32.0 Å². The van der Waals surface area contributed by atoms with Crippen LogP contribution in [0.4, 0.5) is 0 Å². The molecule has 0 aliphatic heterocycles. The first-order chi connectivity index (χ1) is 13.9. The lowest BCUT2D eigenvalue weighted by molar-refractivity contribution is -0.125. The molecule has 0 radical (unpaired) electrons. The number of pyridine rings is 1. The lowest BCUT2D eigenvalue weighted by Crippen LogP contribution is -2.37. The smallest absolute Gasteiger partial charge is 0.239 e. The van der Waals surface area contributed by atoms with E-state index in [1.165, 1.54) is 18.3 Å². The number of thiazole rings is 1. The summed E-state index contributed by atoms with van der Waals surface area (Å²) in [5.74, 6) is -0.470. The number of nitrogens with zero attached hydrogens (tertiary/aromatic N) is 4. The van der Waals surface area contributed by atoms with Gasteiger partial charge in [-0.25, -0.2) is 15.0 Å². The van der Waals surface area contributed by atoms with Gasteiger partial charge in [-0.2, -0.15) is 0 Å². The lowest BCUT2D eigenvalue weighted by Gasteiger charge is -2.15. The van der Waals surface area contributed by atoms with Crippen LogP contribution in [-0.2, 0) is 16.6 Å². The molecular weight excluding hydrogens is 388 g/mol. The number of hydrogen-bond acceptors (Lipinski definition) is 6. The summed E-state index contributed by atoms with van der Waals surface area (Å²) >= 11 is 1.52. The Kier molecular flexibility index (Phi) is 4.98. The van der Waals surface area contributed by atoms with Crippen molar-refractivity contribution in [1.82, 2.24) is 30.2 Å². The van der Waals surface area contributed by atoms with Crippen LogP contribution in [-0.4, -0.2) is 37.9 Å². The lowest BCUT2D eigenvalue weighted by atomic mass is 10.1. The predicted octanol–water partition coefficient (Wildman–Crippen LogP) is 2.56. The maximum atomic E-state index is 12.0. The molecule has 0 saturated carbocycles. The van der Waals surface area contributed by atoms with Gasteiger partial charge < -0.3 is 15.2 Å². The Labute approximate surface area is 171 Å². The molecule has 4 rings (SSSR count). The second-order valence-electron chi connectivity index (χ2n) is 6.84. The van der Waals surface area contributed by atoms with Crippen LogP contribution in [0.15, 0.2) is 36.8 Å². The minimum atomic E-state index is -0.235. The van der Waals surface area contributed by atoms with E-state index in [2.05, 4.69) is 20.6 Å². The number of amides is 2. The summed E-state index contributed by atoms with van der Waals surface area (Å²) in [4.78, 5) is 37.4. The predicted molar refractivity (Wildman–Crippen MR) is 112 cm³/mol. The van der Waals surface area contributed by atoms with Gasteiger partial charge in [-0.3, -0.25) is 9.59 Å². The van der Waals surface area contributed by atoms with Crippen LogP contribution >= 0.6 is 11.3 Å². The van der Waals surface area contributed by atoms with Crippen molar-refractivity contribution < 1.29 is 9.59 Å². The molecule has 3 aromatic heterocycles. The van der Waals surface area contributed by atoms with Crippen LogP contribution in [0.1, 0.15) is 25.5 Å². The van der Waals surface area contributed by atoms with Gasteiger partial charge in [0.15, 0.2) is 0 Å². The summed E-state index contributed by atoms with van der Waals surface area (Å²) < 4.78 is 1.95. The third-order valence-corrected chi connectivity index (χ3v) is 5.62. The van der Waals surface area contributed by atoms with E-state index in [1.807, 2.05) is 42.8 Å². The molecule has 3 heterocycles. The highest BCUT2D eigenvalue weighted by molar-refractivity contribution is 7.21. The fourth-order valence-electron chi connectivity index (χ4n) is 3.15. The Morgan fingerprint density at radius 3 is 2.90 bits per heavy atom. The Hall–Kier alpha value is -3.33. The van der Waals surface area contributed by atoms with E-state index in [4.69, 9.17) is 4.98 Å². The number of fused-ring (bicyclic) bond motifs is 3. The zero-order valence-corrected chi connectivity index (χ0v) is 17.1. The first-order valence-corrected chi connectivity index (χ1v) is 9.94. The van der Waals surface area contributed by atoms with E-state index in [-0.39, 0.29) is 24.4 Å². The summed E-state index contributed by atoms with van der Waals surface area (Å²) in [5.41, 5.74) is 4.54. The third kappa shape index (κ3) is 3.81. The molecule has 29 heavy (non-hydrogen) atoms. The topological polar surface area (TPSA) is 102 Å². The van der Waals surface area contributed by atoms with Crippen LogP contribution in [0.3, 0.4) is 0 Å². The quantitative estimate of drug-likeness (QED) is 0.528. The monoisotopic (exact) mass is 408 g/mol. The van der Waals surface area contributed by atoms with Crippen LogP contribution in [0.2, 0.25) is 0 Å². The largest absolute Gasteiger partial charge is 0.348 e. The molecule has 0 spiro atoms. The van der Waals surface area contributed by atoms with Crippen molar-refractivity contribution >= 4 is 44.5 Å². The summed E-state index contributed by atoms with van der Waals surface area (Å²) in [7, 11) is 1.94. The summed E-state index contributed by atoms with van der Waals surface area (Å²) in [6.45, 7) is 3.25. The van der Waals surface area contributed by atoms with Crippen LogP contribution in [0.5, 0.6) is 0 Å². The van der Waals surface area contributed by atoms with Gasteiger partial charge >= 0.3 is 0 Å². The number of aromatic nitrogens is 4. The number of benzene rings is 1. The van der Waals surface area contributed by atoms with Crippen molar-refractivity contribution in [2.75, 3.05) is 6.54 Å². The number of hydrogen-bond donors (Lipinski definition) is 2. The average Bonchev–Trinajstić information content (AvgIpc) is 3.30. The van der Waals surface area contributed by atoms with Crippen molar-refractivity contribution in [3.63, 3.8) is 0 Å². The summed E-state index contributed by atoms with van der Waals surface area (Å²) in [6, 6.07) is 7.71. The van der Waals surface area contributed by atoms with Crippen molar-refractivity contribution in [1.29, 1.82) is 0 Å². The Balaban J connectivity index is 1.61. The average molecular weight is 408 g/mol. The standard InChI is InChI=1S/C20H20N6O2S/c1-11(24-16(28)9-21-12(2)27)13-5-4-6-14(7-13)19-25-17-18-15(23-10-26(18)3)8-22-20(17)29-19/h4-8,10-11H,9H2,1-3H3,(H,21,27)(H,24,28)/t11-/m0/s1. The summed E-state index contributed by atoms with van der Waals surface area (Å²) in [6.07, 6.45) is 3.53. The van der Waals surface area contributed by atoms with Crippen molar-refractivity contribution in [3.05, 3.63) is 42.4 Å². The minimum absolute atomic E-state index is 0.0381. The fourth-order valence-corrected chi connectivity index (χ4v) is 4.06. The molecule has 8 nitrogen and oxygen atoms in total. The number of carbonyl (C=O) groups excluding carboxylic acids is 2. The van der Waals surface area contributed by atoms with Crippen LogP contribution in [0, 0.1) is 0 Å². The highest BCUT2D eigenvalue weighted by Crippen LogP contribution is 2.33. The molecule has 0 saturated heterocycles. The zero-order valence-electron chi connectivity index (χ0n) is 16.3. The molecule has 9 heteroatoms. The maximum absolute atomic E-state index is 12.0. The van der Waals surface area contributed by atoms with Gasteiger partial charge in [0.1, 0.15) is 20.9 Å². The third-order valence-electron chi connectivity index (χ3n) is 4.61. The van der Waals surface area contributed by atoms with Crippen molar-refractivity contribution in [2.24, 2.45) is 7.05 Å². The second kappa shape index (κ2) is 7.59. The van der Waals surface area contributed by atoms with Gasteiger partial charge in [0.25, 0.3) is 0 Å². The van der Waals surface area contributed by atoms with Crippen molar-refractivity contribution in [3.8, 4) is 10.6 Å². The second-order valence-corrected chi connectivity index (χ2v) is 7.82. The number of carbonyl (C=O) groups is 2. The molecule has 0 unspecified atom stereocenters. The SMILES string of the molecule is CC(=O)NCC(=O)N[C@@H](C)c1cccc(-c2nc3c(ncc4ncn(C)c43)s2)c1. The molecule has 148 valence electrons. The fraction of sp³-hybridized carbons (Fsp3) is 0.250. The van der Waals surface area contributed by atoms with Gasteiger partial charge in [0, 0.05) is 19.5 Å². The molecule has 0 aliphatic rings. The summed E-state index contributed by atoms with van der Waals surface area (Å²) in [5, 5.41) is 6.25. The highest BCUT2D eigenvalue weighted by Gasteiger charge is 2.15. The molecule has 0 aliphatic carbocycles.